The molecule has 3 heteroatoms. The Bertz CT molecular complexity index is 975. The maximum Gasteiger partial charge on any atom is 0.335 e. The number of rotatable bonds is 14. The fourth-order valence-electron chi connectivity index (χ4n) is 4.05. The average molecular weight is 433 g/mol. The quantitative estimate of drug-likeness (QED) is 0.264. The molecule has 32 heavy (non-hydrogen) atoms. The van der Waals surface area contributed by atoms with Crippen molar-refractivity contribution in [1.82, 2.24) is 0 Å². The van der Waals surface area contributed by atoms with Gasteiger partial charge in [-0.05, 0) is 65.4 Å². The Kier molecular flexibility index (Phi) is 9.61. The highest BCUT2D eigenvalue weighted by atomic mass is 16.5. The number of carboxylic acid groups (broad SMARTS) is 1. The van der Waals surface area contributed by atoms with E-state index in [4.69, 9.17) is 9.84 Å². The van der Waals surface area contributed by atoms with E-state index in [-0.39, 0.29) is 0 Å². The lowest BCUT2D eigenvalue weighted by Crippen LogP contribution is -1.98. The standard InChI is InChI=1S/C29H36O3/c1-2-3-4-5-6-7-8-9-20-32-28-18-13-23(14-19-28)10-11-24-12-15-26-22-27(29(30)31)17-16-25(26)21-24/h12-19,21-22H,2-11,20H2,1H3,(H,30,31). The minimum atomic E-state index is -0.888. The molecule has 3 rings (SSSR count). The molecule has 0 radical (unpaired) electrons. The van der Waals surface area contributed by atoms with Crippen LogP contribution in [-0.4, -0.2) is 17.7 Å². The third-order valence-electron chi connectivity index (χ3n) is 6.04. The second-order valence-electron chi connectivity index (χ2n) is 8.67. The first-order valence-electron chi connectivity index (χ1n) is 12.1. The predicted octanol–water partition coefficient (Wildman–Crippen LogP) is 7.84. The molecular formula is C29H36O3. The molecule has 0 unspecified atom stereocenters. The third-order valence-corrected chi connectivity index (χ3v) is 6.04. The molecule has 0 aliphatic heterocycles. The summed E-state index contributed by atoms with van der Waals surface area (Å²) in [6.07, 6.45) is 12.4. The number of unbranched alkanes of at least 4 members (excludes halogenated alkanes) is 7. The van der Waals surface area contributed by atoms with Crippen LogP contribution in [0.15, 0.2) is 60.7 Å². The van der Waals surface area contributed by atoms with Gasteiger partial charge in [0.15, 0.2) is 0 Å². The molecule has 3 aromatic rings. The van der Waals surface area contributed by atoms with E-state index in [1.54, 1.807) is 12.1 Å². The second-order valence-corrected chi connectivity index (χ2v) is 8.67. The zero-order valence-corrected chi connectivity index (χ0v) is 19.3. The van der Waals surface area contributed by atoms with Crippen LogP contribution >= 0.6 is 0 Å². The number of hydrogen-bond acceptors (Lipinski definition) is 2. The summed E-state index contributed by atoms with van der Waals surface area (Å²) in [5, 5.41) is 11.2. The first kappa shape index (κ1) is 23.8. The van der Waals surface area contributed by atoms with E-state index in [2.05, 4.69) is 43.3 Å². The summed E-state index contributed by atoms with van der Waals surface area (Å²) < 4.78 is 5.90. The summed E-state index contributed by atoms with van der Waals surface area (Å²) in [7, 11) is 0. The molecule has 170 valence electrons. The summed E-state index contributed by atoms with van der Waals surface area (Å²) in [4.78, 5) is 11.1. The lowest BCUT2D eigenvalue weighted by molar-refractivity contribution is 0.0697. The van der Waals surface area contributed by atoms with Gasteiger partial charge >= 0.3 is 5.97 Å². The van der Waals surface area contributed by atoms with Gasteiger partial charge in [0.1, 0.15) is 5.75 Å². The van der Waals surface area contributed by atoms with E-state index < -0.39 is 5.97 Å². The number of carboxylic acids is 1. The lowest BCUT2D eigenvalue weighted by Gasteiger charge is -2.08. The summed E-state index contributed by atoms with van der Waals surface area (Å²) in [6.45, 7) is 3.06. The Morgan fingerprint density at radius 1 is 0.719 bits per heavy atom. The monoisotopic (exact) mass is 432 g/mol. The number of ether oxygens (including phenoxy) is 1. The van der Waals surface area contributed by atoms with E-state index in [1.165, 1.54) is 56.1 Å². The van der Waals surface area contributed by atoms with Crippen LogP contribution in [-0.2, 0) is 12.8 Å². The van der Waals surface area contributed by atoms with Crippen molar-refractivity contribution in [2.75, 3.05) is 6.61 Å². The molecule has 1 N–H and O–H groups in total. The summed E-state index contributed by atoms with van der Waals surface area (Å²) >= 11 is 0. The Morgan fingerprint density at radius 3 is 2.03 bits per heavy atom. The maximum atomic E-state index is 11.1. The zero-order chi connectivity index (χ0) is 22.6. The number of aromatic carboxylic acids is 1. The summed E-state index contributed by atoms with van der Waals surface area (Å²) in [5.41, 5.74) is 2.89. The number of carbonyl (C=O) groups is 1. The molecule has 3 aromatic carbocycles. The molecule has 0 heterocycles. The van der Waals surface area contributed by atoms with Crippen LogP contribution in [0.5, 0.6) is 5.75 Å². The minimum absolute atomic E-state index is 0.329. The minimum Gasteiger partial charge on any atom is -0.494 e. The van der Waals surface area contributed by atoms with Crippen LogP contribution in [0.1, 0.15) is 79.8 Å². The van der Waals surface area contributed by atoms with E-state index in [0.717, 1.165) is 42.4 Å². The highest BCUT2D eigenvalue weighted by Crippen LogP contribution is 2.20. The van der Waals surface area contributed by atoms with Crippen molar-refractivity contribution in [2.24, 2.45) is 0 Å². The third kappa shape index (κ3) is 7.71. The summed E-state index contributed by atoms with van der Waals surface area (Å²) in [5.74, 6) is 0.0674. The van der Waals surface area contributed by atoms with Crippen LogP contribution in [0.4, 0.5) is 0 Å². The molecule has 0 saturated heterocycles. The normalized spacial score (nSPS) is 11.0. The van der Waals surface area contributed by atoms with Gasteiger partial charge in [0, 0.05) is 0 Å². The van der Waals surface area contributed by atoms with Gasteiger partial charge in [0.25, 0.3) is 0 Å². The van der Waals surface area contributed by atoms with Crippen molar-refractivity contribution < 1.29 is 14.6 Å². The Morgan fingerprint density at radius 2 is 1.31 bits per heavy atom. The van der Waals surface area contributed by atoms with Gasteiger partial charge in [0.2, 0.25) is 0 Å². The SMILES string of the molecule is CCCCCCCCCCOc1ccc(CCc2ccc3cc(C(=O)O)ccc3c2)cc1. The van der Waals surface area contributed by atoms with Crippen molar-refractivity contribution in [2.45, 2.75) is 71.1 Å². The second kappa shape index (κ2) is 12.9. The zero-order valence-electron chi connectivity index (χ0n) is 19.3. The Labute approximate surface area is 192 Å². The van der Waals surface area contributed by atoms with Gasteiger partial charge in [-0.25, -0.2) is 4.79 Å². The molecule has 0 fully saturated rings. The molecule has 0 aliphatic carbocycles. The van der Waals surface area contributed by atoms with Crippen molar-refractivity contribution in [3.63, 3.8) is 0 Å². The summed E-state index contributed by atoms with van der Waals surface area (Å²) in [6, 6.07) is 20.0. The van der Waals surface area contributed by atoms with Gasteiger partial charge < -0.3 is 9.84 Å². The van der Waals surface area contributed by atoms with Gasteiger partial charge in [-0.3, -0.25) is 0 Å². The molecule has 0 amide bonds. The van der Waals surface area contributed by atoms with Crippen molar-refractivity contribution in [3.8, 4) is 5.75 Å². The van der Waals surface area contributed by atoms with Crippen LogP contribution in [0.2, 0.25) is 0 Å². The van der Waals surface area contributed by atoms with Crippen LogP contribution in [0, 0.1) is 0 Å². The molecule has 0 spiro atoms. The lowest BCUT2D eigenvalue weighted by atomic mass is 10.00. The topological polar surface area (TPSA) is 46.5 Å². The molecule has 0 aromatic heterocycles. The molecule has 0 aliphatic rings. The van der Waals surface area contributed by atoms with Crippen LogP contribution in [0.25, 0.3) is 10.8 Å². The van der Waals surface area contributed by atoms with E-state index in [9.17, 15) is 4.79 Å². The first-order chi connectivity index (χ1) is 15.7. The average Bonchev–Trinajstić information content (AvgIpc) is 2.82. The number of aryl methyl sites for hydroxylation is 2. The van der Waals surface area contributed by atoms with Gasteiger partial charge in [-0.1, -0.05) is 88.3 Å². The highest BCUT2D eigenvalue weighted by Gasteiger charge is 2.05. The largest absolute Gasteiger partial charge is 0.494 e. The first-order valence-corrected chi connectivity index (χ1v) is 12.1. The van der Waals surface area contributed by atoms with E-state index >= 15 is 0 Å². The molecule has 0 atom stereocenters. The molecular weight excluding hydrogens is 396 g/mol. The van der Waals surface area contributed by atoms with Gasteiger partial charge in [-0.15, -0.1) is 0 Å². The van der Waals surface area contributed by atoms with E-state index in [1.807, 2.05) is 12.1 Å². The smallest absolute Gasteiger partial charge is 0.335 e. The molecule has 0 saturated carbocycles. The Hall–Kier alpha value is -2.81. The molecule has 3 nitrogen and oxygen atoms in total. The fourth-order valence-corrected chi connectivity index (χ4v) is 4.05. The van der Waals surface area contributed by atoms with Crippen LogP contribution < -0.4 is 4.74 Å². The predicted molar refractivity (Wildman–Crippen MR) is 133 cm³/mol. The molecule has 0 bridgehead atoms. The highest BCUT2D eigenvalue weighted by molar-refractivity contribution is 5.94. The van der Waals surface area contributed by atoms with Crippen molar-refractivity contribution in [1.29, 1.82) is 0 Å². The number of hydrogen-bond donors (Lipinski definition) is 1. The number of benzene rings is 3. The van der Waals surface area contributed by atoms with Gasteiger partial charge in [0.05, 0.1) is 12.2 Å². The maximum absolute atomic E-state index is 11.1. The van der Waals surface area contributed by atoms with Crippen LogP contribution in [0.3, 0.4) is 0 Å². The fraction of sp³-hybridized carbons (Fsp3) is 0.414. The Balaban J connectivity index is 1.38. The van der Waals surface area contributed by atoms with E-state index in [0.29, 0.717) is 5.56 Å². The van der Waals surface area contributed by atoms with Crippen molar-refractivity contribution >= 4 is 16.7 Å². The van der Waals surface area contributed by atoms with Gasteiger partial charge in [-0.2, -0.15) is 0 Å². The van der Waals surface area contributed by atoms with Crippen molar-refractivity contribution in [3.05, 3.63) is 77.4 Å². The number of fused-ring (bicyclic) bond motifs is 1.